The third kappa shape index (κ3) is 2.63. The summed E-state index contributed by atoms with van der Waals surface area (Å²) in [6.45, 7) is 2.74. The van der Waals surface area contributed by atoms with Crippen molar-refractivity contribution in [2.24, 2.45) is 0 Å². The summed E-state index contributed by atoms with van der Waals surface area (Å²) in [4.78, 5) is 11.3. The molecule has 21 heavy (non-hydrogen) atoms. The van der Waals surface area contributed by atoms with Crippen LogP contribution in [0.15, 0.2) is 60.8 Å². The van der Waals surface area contributed by atoms with Crippen LogP contribution in [0.25, 0.3) is 11.3 Å². The summed E-state index contributed by atoms with van der Waals surface area (Å²) in [5.74, 6) is 0. The zero-order valence-electron chi connectivity index (χ0n) is 11.9. The maximum absolute atomic E-state index is 11.3. The Morgan fingerprint density at radius 2 is 1.76 bits per heavy atom. The lowest BCUT2D eigenvalue weighted by Crippen LogP contribution is -2.05. The van der Waals surface area contributed by atoms with Crippen LogP contribution >= 0.6 is 0 Å². The molecule has 0 bridgehead atoms. The van der Waals surface area contributed by atoms with Gasteiger partial charge < -0.3 is 0 Å². The molecule has 104 valence electrons. The van der Waals surface area contributed by atoms with Crippen LogP contribution in [0.5, 0.6) is 0 Å². The number of aldehydes is 1. The lowest BCUT2D eigenvalue weighted by atomic mass is 10.1. The molecule has 0 radical (unpaired) electrons. The molecular formula is C18H16N2O. The summed E-state index contributed by atoms with van der Waals surface area (Å²) in [5, 5.41) is 4.39. The van der Waals surface area contributed by atoms with Gasteiger partial charge in [-0.25, -0.2) is 0 Å². The van der Waals surface area contributed by atoms with E-state index in [1.165, 1.54) is 11.1 Å². The van der Waals surface area contributed by atoms with Gasteiger partial charge in [0.15, 0.2) is 6.29 Å². The fourth-order valence-electron chi connectivity index (χ4n) is 2.47. The minimum atomic E-state index is 0.620. The number of aryl methyl sites for hydroxylation is 1. The first kappa shape index (κ1) is 13.3. The zero-order valence-corrected chi connectivity index (χ0v) is 11.9. The van der Waals surface area contributed by atoms with E-state index in [1.807, 2.05) is 47.1 Å². The molecule has 1 aromatic heterocycles. The molecule has 3 nitrogen and oxygen atoms in total. The Hall–Kier alpha value is -2.68. The van der Waals surface area contributed by atoms with Gasteiger partial charge in [-0.1, -0.05) is 54.6 Å². The van der Waals surface area contributed by atoms with Crippen molar-refractivity contribution < 1.29 is 4.79 Å². The molecule has 3 heteroatoms. The minimum Gasteiger partial charge on any atom is -0.298 e. The highest BCUT2D eigenvalue weighted by molar-refractivity contribution is 5.85. The number of hydrogen-bond acceptors (Lipinski definition) is 2. The molecule has 0 spiro atoms. The van der Waals surface area contributed by atoms with Crippen molar-refractivity contribution in [1.29, 1.82) is 0 Å². The zero-order chi connectivity index (χ0) is 14.7. The topological polar surface area (TPSA) is 34.9 Å². The lowest BCUT2D eigenvalue weighted by molar-refractivity contribution is 0.112. The highest BCUT2D eigenvalue weighted by Gasteiger charge is 2.13. The second kappa shape index (κ2) is 5.75. The molecular weight excluding hydrogens is 260 g/mol. The van der Waals surface area contributed by atoms with Crippen molar-refractivity contribution in [3.8, 4) is 11.3 Å². The van der Waals surface area contributed by atoms with E-state index in [2.05, 4.69) is 24.2 Å². The fraction of sp³-hybridized carbons (Fsp3) is 0.111. The Bertz CT molecular complexity index is 760. The van der Waals surface area contributed by atoms with E-state index in [4.69, 9.17) is 0 Å². The van der Waals surface area contributed by atoms with Crippen molar-refractivity contribution in [2.75, 3.05) is 0 Å². The summed E-state index contributed by atoms with van der Waals surface area (Å²) in [5.41, 5.74) is 4.92. The lowest BCUT2D eigenvalue weighted by Gasteiger charge is -2.10. The van der Waals surface area contributed by atoms with Gasteiger partial charge in [-0.3, -0.25) is 9.48 Å². The second-order valence-corrected chi connectivity index (χ2v) is 5.02. The average Bonchev–Trinajstić information content (AvgIpc) is 2.93. The first-order valence-electron chi connectivity index (χ1n) is 6.90. The molecule has 3 rings (SSSR count). The van der Waals surface area contributed by atoms with Crippen LogP contribution < -0.4 is 0 Å². The molecule has 0 aliphatic carbocycles. The Kier molecular flexibility index (Phi) is 3.65. The van der Waals surface area contributed by atoms with Crippen molar-refractivity contribution in [1.82, 2.24) is 9.78 Å². The molecule has 0 amide bonds. The second-order valence-electron chi connectivity index (χ2n) is 5.02. The van der Waals surface area contributed by atoms with Gasteiger partial charge in [0.25, 0.3) is 0 Å². The van der Waals surface area contributed by atoms with E-state index in [9.17, 15) is 4.79 Å². The number of aromatic nitrogens is 2. The van der Waals surface area contributed by atoms with E-state index in [1.54, 1.807) is 6.20 Å². The fourth-order valence-corrected chi connectivity index (χ4v) is 2.47. The third-order valence-electron chi connectivity index (χ3n) is 3.62. The Balaban J connectivity index is 2.06. The predicted molar refractivity (Wildman–Crippen MR) is 83.3 cm³/mol. The molecule has 1 heterocycles. The van der Waals surface area contributed by atoms with Crippen molar-refractivity contribution in [2.45, 2.75) is 13.5 Å². The van der Waals surface area contributed by atoms with Crippen molar-refractivity contribution >= 4 is 6.29 Å². The first-order chi connectivity index (χ1) is 10.3. The number of rotatable bonds is 4. The number of carbonyl (C=O) groups excluding carboxylic acids is 1. The molecule has 0 atom stereocenters. The van der Waals surface area contributed by atoms with E-state index in [0.29, 0.717) is 12.1 Å². The van der Waals surface area contributed by atoms with Crippen LogP contribution in [0.3, 0.4) is 0 Å². The first-order valence-corrected chi connectivity index (χ1v) is 6.90. The van der Waals surface area contributed by atoms with E-state index in [-0.39, 0.29) is 0 Å². The van der Waals surface area contributed by atoms with Gasteiger partial charge in [0.05, 0.1) is 24.0 Å². The molecule has 0 N–H and O–H groups in total. The molecule has 0 aliphatic heterocycles. The van der Waals surface area contributed by atoms with Gasteiger partial charge in [-0.15, -0.1) is 0 Å². The monoisotopic (exact) mass is 276 g/mol. The van der Waals surface area contributed by atoms with Crippen LogP contribution in [-0.2, 0) is 6.54 Å². The summed E-state index contributed by atoms with van der Waals surface area (Å²) in [6, 6.07) is 18.1. The van der Waals surface area contributed by atoms with Gasteiger partial charge in [0, 0.05) is 5.56 Å². The Morgan fingerprint density at radius 3 is 2.48 bits per heavy atom. The Morgan fingerprint density at radius 1 is 1.05 bits per heavy atom. The summed E-state index contributed by atoms with van der Waals surface area (Å²) >= 11 is 0. The largest absolute Gasteiger partial charge is 0.298 e. The van der Waals surface area contributed by atoms with Gasteiger partial charge in [-0.2, -0.15) is 5.10 Å². The normalized spacial score (nSPS) is 10.5. The molecule has 3 aromatic rings. The maximum Gasteiger partial charge on any atom is 0.153 e. The predicted octanol–water partition coefficient (Wildman–Crippen LogP) is 3.72. The molecule has 0 fully saturated rings. The quantitative estimate of drug-likeness (QED) is 0.681. The molecule has 0 unspecified atom stereocenters. The smallest absolute Gasteiger partial charge is 0.153 e. The van der Waals surface area contributed by atoms with Gasteiger partial charge in [-0.05, 0) is 18.1 Å². The standard InChI is InChI=1S/C18H16N2O/c1-14-7-5-6-10-16(14)12-20-18(17(13-21)11-19-20)15-8-3-2-4-9-15/h2-11,13H,12H2,1H3. The number of hydrogen-bond donors (Lipinski definition) is 0. The van der Waals surface area contributed by atoms with E-state index >= 15 is 0 Å². The number of benzene rings is 2. The number of carbonyl (C=O) groups is 1. The van der Waals surface area contributed by atoms with Crippen molar-refractivity contribution in [3.05, 3.63) is 77.5 Å². The van der Waals surface area contributed by atoms with Crippen molar-refractivity contribution in [3.63, 3.8) is 0 Å². The van der Waals surface area contributed by atoms with Crippen LogP contribution in [0.4, 0.5) is 0 Å². The van der Waals surface area contributed by atoms with Gasteiger partial charge in [0.2, 0.25) is 0 Å². The Labute approximate surface area is 123 Å². The molecule has 0 saturated carbocycles. The summed E-state index contributed by atoms with van der Waals surface area (Å²) in [7, 11) is 0. The maximum atomic E-state index is 11.3. The molecule has 0 saturated heterocycles. The molecule has 0 aliphatic rings. The van der Waals surface area contributed by atoms with Crippen LogP contribution in [0, 0.1) is 6.92 Å². The minimum absolute atomic E-state index is 0.620. The van der Waals surface area contributed by atoms with Gasteiger partial charge >= 0.3 is 0 Å². The van der Waals surface area contributed by atoms with Crippen LogP contribution in [0.1, 0.15) is 21.5 Å². The summed E-state index contributed by atoms with van der Waals surface area (Å²) in [6.07, 6.45) is 2.50. The third-order valence-corrected chi connectivity index (χ3v) is 3.62. The molecule has 2 aromatic carbocycles. The highest BCUT2D eigenvalue weighted by atomic mass is 16.1. The van der Waals surface area contributed by atoms with E-state index in [0.717, 1.165) is 17.5 Å². The SMILES string of the molecule is Cc1ccccc1Cn1ncc(C=O)c1-c1ccccc1. The average molecular weight is 276 g/mol. The van der Waals surface area contributed by atoms with Crippen LogP contribution in [0.2, 0.25) is 0 Å². The van der Waals surface area contributed by atoms with E-state index < -0.39 is 0 Å². The highest BCUT2D eigenvalue weighted by Crippen LogP contribution is 2.23. The summed E-state index contributed by atoms with van der Waals surface area (Å²) < 4.78 is 1.89. The van der Waals surface area contributed by atoms with Gasteiger partial charge in [0.1, 0.15) is 0 Å². The van der Waals surface area contributed by atoms with Crippen LogP contribution in [-0.4, -0.2) is 16.1 Å². The number of nitrogens with zero attached hydrogens (tertiary/aromatic N) is 2.